The van der Waals surface area contributed by atoms with Crippen LogP contribution >= 0.6 is 0 Å². The van der Waals surface area contributed by atoms with E-state index in [2.05, 4.69) is 0 Å². The number of hydrogen-bond acceptors (Lipinski definition) is 3. The van der Waals surface area contributed by atoms with Crippen molar-refractivity contribution in [1.82, 2.24) is 9.55 Å². The number of carbonyl (C=O) groups is 1. The highest BCUT2D eigenvalue weighted by Gasteiger charge is 2.30. The Bertz CT molecular complexity index is 820. The summed E-state index contributed by atoms with van der Waals surface area (Å²) in [5.74, 6) is -1.60. The van der Waals surface area contributed by atoms with Crippen LogP contribution in [-0.2, 0) is 6.18 Å². The van der Waals surface area contributed by atoms with E-state index in [4.69, 9.17) is 5.11 Å². The maximum Gasteiger partial charge on any atom is 0.416 e. The maximum absolute atomic E-state index is 12.6. The van der Waals surface area contributed by atoms with Crippen LogP contribution in [0.15, 0.2) is 40.1 Å². The molecule has 0 bridgehead atoms. The molecule has 2 aromatic rings. The number of alkyl halides is 3. The molecule has 0 aliphatic rings. The molecular weight excluding hydrogens is 293 g/mol. The van der Waals surface area contributed by atoms with E-state index in [1.165, 1.54) is 6.07 Å². The normalized spacial score (nSPS) is 11.4. The summed E-state index contributed by atoms with van der Waals surface area (Å²) in [5, 5.41) is 8.80. The number of rotatable bonds is 2. The molecule has 1 aromatic carbocycles. The lowest BCUT2D eigenvalue weighted by atomic mass is 10.2. The number of aromatic amines is 1. The lowest BCUT2D eigenvalue weighted by Gasteiger charge is -2.10. The van der Waals surface area contributed by atoms with Gasteiger partial charge in [-0.3, -0.25) is 14.3 Å². The fourth-order valence-electron chi connectivity index (χ4n) is 1.65. The van der Waals surface area contributed by atoms with E-state index >= 15 is 0 Å². The van der Waals surface area contributed by atoms with Crippen LogP contribution in [-0.4, -0.2) is 20.6 Å². The third kappa shape index (κ3) is 2.86. The van der Waals surface area contributed by atoms with Crippen molar-refractivity contribution in [3.8, 4) is 5.69 Å². The van der Waals surface area contributed by atoms with E-state index in [1.807, 2.05) is 0 Å². The summed E-state index contributed by atoms with van der Waals surface area (Å²) in [7, 11) is 0. The number of halogens is 3. The predicted octanol–water partition coefficient (Wildman–Crippen LogP) is 1.24. The molecule has 0 amide bonds. The van der Waals surface area contributed by atoms with Gasteiger partial charge in [-0.05, 0) is 18.2 Å². The first kappa shape index (κ1) is 14.6. The number of benzene rings is 1. The summed E-state index contributed by atoms with van der Waals surface area (Å²) in [6.45, 7) is 0. The van der Waals surface area contributed by atoms with Crippen LogP contribution in [0, 0.1) is 0 Å². The standard InChI is InChI=1S/C12H7F3N2O4/c13-12(14,15)6-2-1-3-7(4-6)17-5-8(10(19)20)9(18)16-11(17)21/h1-5H,(H,19,20)(H,16,18,21). The van der Waals surface area contributed by atoms with Crippen molar-refractivity contribution in [2.24, 2.45) is 0 Å². The van der Waals surface area contributed by atoms with Crippen molar-refractivity contribution in [3.05, 3.63) is 62.4 Å². The van der Waals surface area contributed by atoms with Gasteiger partial charge in [0.15, 0.2) is 0 Å². The van der Waals surface area contributed by atoms with Gasteiger partial charge in [-0.15, -0.1) is 0 Å². The van der Waals surface area contributed by atoms with Gasteiger partial charge in [0, 0.05) is 6.20 Å². The molecule has 0 atom stereocenters. The largest absolute Gasteiger partial charge is 0.477 e. The zero-order valence-electron chi connectivity index (χ0n) is 10.1. The first-order valence-electron chi connectivity index (χ1n) is 5.47. The minimum atomic E-state index is -4.61. The first-order valence-corrected chi connectivity index (χ1v) is 5.47. The third-order valence-electron chi connectivity index (χ3n) is 2.62. The van der Waals surface area contributed by atoms with E-state index in [9.17, 15) is 27.6 Å². The van der Waals surface area contributed by atoms with Gasteiger partial charge in [-0.1, -0.05) is 6.07 Å². The Morgan fingerprint density at radius 2 is 1.90 bits per heavy atom. The van der Waals surface area contributed by atoms with Crippen molar-refractivity contribution in [2.45, 2.75) is 6.18 Å². The molecule has 9 heteroatoms. The predicted molar refractivity (Wildman–Crippen MR) is 64.6 cm³/mol. The SMILES string of the molecule is O=C(O)c1cn(-c2cccc(C(F)(F)F)c2)c(=O)[nH]c1=O. The molecule has 0 aliphatic carbocycles. The van der Waals surface area contributed by atoms with E-state index in [0.29, 0.717) is 16.8 Å². The van der Waals surface area contributed by atoms with Gasteiger partial charge in [-0.2, -0.15) is 13.2 Å². The Morgan fingerprint density at radius 1 is 1.24 bits per heavy atom. The topological polar surface area (TPSA) is 92.2 Å². The minimum absolute atomic E-state index is 0.214. The molecule has 0 unspecified atom stereocenters. The van der Waals surface area contributed by atoms with Gasteiger partial charge in [0.2, 0.25) is 0 Å². The highest BCUT2D eigenvalue weighted by Crippen LogP contribution is 2.30. The van der Waals surface area contributed by atoms with Crippen molar-refractivity contribution in [2.75, 3.05) is 0 Å². The lowest BCUT2D eigenvalue weighted by Crippen LogP contribution is -2.32. The smallest absolute Gasteiger partial charge is 0.416 e. The van der Waals surface area contributed by atoms with Crippen LogP contribution in [0.3, 0.4) is 0 Å². The Morgan fingerprint density at radius 3 is 2.48 bits per heavy atom. The average Bonchev–Trinajstić information content (AvgIpc) is 2.37. The van der Waals surface area contributed by atoms with Gasteiger partial charge >= 0.3 is 17.8 Å². The van der Waals surface area contributed by atoms with Crippen LogP contribution in [0.5, 0.6) is 0 Å². The van der Waals surface area contributed by atoms with E-state index in [1.54, 1.807) is 4.98 Å². The molecule has 6 nitrogen and oxygen atoms in total. The Kier molecular flexibility index (Phi) is 3.42. The molecule has 0 aliphatic heterocycles. The molecule has 0 saturated carbocycles. The van der Waals surface area contributed by atoms with Crippen molar-refractivity contribution < 1.29 is 23.1 Å². The molecule has 0 radical (unpaired) electrons. The third-order valence-corrected chi connectivity index (χ3v) is 2.62. The van der Waals surface area contributed by atoms with Crippen LogP contribution in [0.1, 0.15) is 15.9 Å². The average molecular weight is 300 g/mol. The number of nitrogens with one attached hydrogen (secondary N) is 1. The summed E-state index contributed by atoms with van der Waals surface area (Å²) in [6, 6.07) is 3.72. The van der Waals surface area contributed by atoms with Crippen LogP contribution in [0.4, 0.5) is 13.2 Å². The zero-order chi connectivity index (χ0) is 15.8. The summed E-state index contributed by atoms with van der Waals surface area (Å²) in [4.78, 5) is 35.4. The van der Waals surface area contributed by atoms with Gasteiger partial charge in [0.25, 0.3) is 5.56 Å². The quantitative estimate of drug-likeness (QED) is 0.873. The number of carboxylic acid groups (broad SMARTS) is 1. The molecule has 0 saturated heterocycles. The minimum Gasteiger partial charge on any atom is -0.477 e. The number of hydrogen-bond donors (Lipinski definition) is 2. The van der Waals surface area contributed by atoms with E-state index in [-0.39, 0.29) is 5.69 Å². The molecular formula is C12H7F3N2O4. The molecule has 0 spiro atoms. The number of aromatic carboxylic acids is 1. The van der Waals surface area contributed by atoms with E-state index in [0.717, 1.165) is 12.1 Å². The second kappa shape index (κ2) is 4.93. The number of carboxylic acids is 1. The van der Waals surface area contributed by atoms with Crippen LogP contribution in [0.25, 0.3) is 5.69 Å². The van der Waals surface area contributed by atoms with E-state index < -0.39 is 34.5 Å². The van der Waals surface area contributed by atoms with Gasteiger partial charge in [0.1, 0.15) is 5.56 Å². The second-order valence-electron chi connectivity index (χ2n) is 4.03. The van der Waals surface area contributed by atoms with Crippen molar-refractivity contribution in [3.63, 3.8) is 0 Å². The van der Waals surface area contributed by atoms with Crippen molar-refractivity contribution in [1.29, 1.82) is 0 Å². The molecule has 2 rings (SSSR count). The second-order valence-corrected chi connectivity index (χ2v) is 4.03. The fraction of sp³-hybridized carbons (Fsp3) is 0.0833. The summed E-state index contributed by atoms with van der Waals surface area (Å²) >= 11 is 0. The number of nitrogens with zero attached hydrogens (tertiary/aromatic N) is 1. The zero-order valence-corrected chi connectivity index (χ0v) is 10.1. The lowest BCUT2D eigenvalue weighted by molar-refractivity contribution is -0.137. The molecule has 0 fully saturated rings. The molecule has 2 N–H and O–H groups in total. The van der Waals surface area contributed by atoms with Gasteiger partial charge < -0.3 is 5.11 Å². The number of aromatic nitrogens is 2. The summed E-state index contributed by atoms with van der Waals surface area (Å²) in [6.07, 6.45) is -3.93. The highest BCUT2D eigenvalue weighted by molar-refractivity contribution is 5.86. The molecule has 21 heavy (non-hydrogen) atoms. The van der Waals surface area contributed by atoms with Gasteiger partial charge in [-0.25, -0.2) is 9.59 Å². The Hall–Kier alpha value is -2.84. The summed E-state index contributed by atoms with van der Waals surface area (Å²) < 4.78 is 38.5. The Labute approximate surface area is 114 Å². The summed E-state index contributed by atoms with van der Waals surface area (Å²) in [5.41, 5.74) is -4.14. The molecule has 1 heterocycles. The van der Waals surface area contributed by atoms with Crippen LogP contribution < -0.4 is 11.2 Å². The highest BCUT2D eigenvalue weighted by atomic mass is 19.4. The van der Waals surface area contributed by atoms with Gasteiger partial charge in [0.05, 0.1) is 11.3 Å². The maximum atomic E-state index is 12.6. The first-order chi connectivity index (χ1) is 9.70. The fourth-order valence-corrected chi connectivity index (χ4v) is 1.65. The monoisotopic (exact) mass is 300 g/mol. The molecule has 110 valence electrons. The Balaban J connectivity index is 2.68. The van der Waals surface area contributed by atoms with Crippen molar-refractivity contribution >= 4 is 5.97 Å². The van der Waals surface area contributed by atoms with Crippen LogP contribution in [0.2, 0.25) is 0 Å². The molecule has 1 aromatic heterocycles. The number of H-pyrrole nitrogens is 1.